The standard InChI is InChI=1S/C21H28N2O5S/c1-14(2)17-9-7-8-15(3)21(17)22-20(24)13-23(29(6,25)26)18-11-10-16(27-4)12-19(18)28-5/h7-12,14H,13H2,1-6H3,(H,22,24). The predicted molar refractivity (Wildman–Crippen MR) is 116 cm³/mol. The van der Waals surface area contributed by atoms with Crippen LogP contribution in [0.3, 0.4) is 0 Å². The summed E-state index contributed by atoms with van der Waals surface area (Å²) in [6.45, 7) is 5.60. The van der Waals surface area contributed by atoms with Crippen LogP contribution in [0, 0.1) is 6.92 Å². The SMILES string of the molecule is COc1ccc(N(CC(=O)Nc2c(C)cccc2C(C)C)S(C)(=O)=O)c(OC)c1. The molecular formula is C21H28N2O5S. The molecule has 1 amide bonds. The zero-order chi connectivity index (χ0) is 21.8. The number of nitrogens with zero attached hydrogens (tertiary/aromatic N) is 1. The Morgan fingerprint density at radius 2 is 1.83 bits per heavy atom. The molecule has 1 N–H and O–H groups in total. The third-order valence-electron chi connectivity index (χ3n) is 4.53. The number of rotatable bonds is 8. The largest absolute Gasteiger partial charge is 0.497 e. The summed E-state index contributed by atoms with van der Waals surface area (Å²) >= 11 is 0. The third-order valence-corrected chi connectivity index (χ3v) is 5.66. The summed E-state index contributed by atoms with van der Waals surface area (Å²) in [7, 11) is -0.806. The molecule has 0 aliphatic rings. The molecule has 0 aromatic heterocycles. The van der Waals surface area contributed by atoms with Gasteiger partial charge in [0.05, 0.1) is 26.2 Å². The second-order valence-electron chi connectivity index (χ2n) is 7.05. The molecule has 0 heterocycles. The van der Waals surface area contributed by atoms with Crippen molar-refractivity contribution in [3.05, 3.63) is 47.5 Å². The third kappa shape index (κ3) is 5.41. The number of nitrogens with one attached hydrogen (secondary N) is 1. The van der Waals surface area contributed by atoms with Crippen LogP contribution < -0.4 is 19.1 Å². The molecule has 8 heteroatoms. The van der Waals surface area contributed by atoms with Crippen LogP contribution in [0.25, 0.3) is 0 Å². The quantitative estimate of drug-likeness (QED) is 0.706. The highest BCUT2D eigenvalue weighted by molar-refractivity contribution is 7.92. The lowest BCUT2D eigenvalue weighted by molar-refractivity contribution is -0.114. The summed E-state index contributed by atoms with van der Waals surface area (Å²) in [5.74, 6) is 0.578. The first-order chi connectivity index (χ1) is 13.6. The van der Waals surface area contributed by atoms with Crippen molar-refractivity contribution in [2.24, 2.45) is 0 Å². The van der Waals surface area contributed by atoms with E-state index in [9.17, 15) is 13.2 Å². The van der Waals surface area contributed by atoms with Crippen molar-refractivity contribution >= 4 is 27.3 Å². The molecule has 0 spiro atoms. The molecule has 29 heavy (non-hydrogen) atoms. The molecule has 0 fully saturated rings. The molecule has 2 rings (SSSR count). The molecule has 0 radical (unpaired) electrons. The fraction of sp³-hybridized carbons (Fsp3) is 0.381. The van der Waals surface area contributed by atoms with Crippen molar-refractivity contribution in [3.8, 4) is 11.5 Å². The highest BCUT2D eigenvalue weighted by atomic mass is 32.2. The zero-order valence-electron chi connectivity index (χ0n) is 17.6. The van der Waals surface area contributed by atoms with Gasteiger partial charge in [0, 0.05) is 11.8 Å². The van der Waals surface area contributed by atoms with Gasteiger partial charge in [-0.05, 0) is 36.1 Å². The maximum atomic E-state index is 12.8. The van der Waals surface area contributed by atoms with Crippen molar-refractivity contribution in [2.75, 3.05) is 36.6 Å². The summed E-state index contributed by atoms with van der Waals surface area (Å²) in [6, 6.07) is 10.5. The van der Waals surface area contributed by atoms with Gasteiger partial charge in [0.2, 0.25) is 15.9 Å². The van der Waals surface area contributed by atoms with Gasteiger partial charge in [-0.3, -0.25) is 9.10 Å². The first-order valence-electron chi connectivity index (χ1n) is 9.17. The fourth-order valence-electron chi connectivity index (χ4n) is 3.02. The summed E-state index contributed by atoms with van der Waals surface area (Å²) < 4.78 is 36.4. The summed E-state index contributed by atoms with van der Waals surface area (Å²) in [6.07, 6.45) is 1.05. The minimum Gasteiger partial charge on any atom is -0.497 e. The molecule has 7 nitrogen and oxygen atoms in total. The molecule has 2 aromatic carbocycles. The van der Waals surface area contributed by atoms with Crippen LogP contribution in [0.1, 0.15) is 30.9 Å². The van der Waals surface area contributed by atoms with Gasteiger partial charge < -0.3 is 14.8 Å². The van der Waals surface area contributed by atoms with E-state index in [-0.39, 0.29) is 18.2 Å². The maximum absolute atomic E-state index is 12.8. The average Bonchev–Trinajstić information content (AvgIpc) is 2.66. The number of carbonyl (C=O) groups excluding carboxylic acids is 1. The second-order valence-corrected chi connectivity index (χ2v) is 8.96. The molecule has 0 saturated heterocycles. The van der Waals surface area contributed by atoms with E-state index in [0.29, 0.717) is 17.2 Å². The van der Waals surface area contributed by atoms with Crippen molar-refractivity contribution in [1.29, 1.82) is 0 Å². The number of benzene rings is 2. The van der Waals surface area contributed by atoms with Gasteiger partial charge in [0.1, 0.15) is 18.0 Å². The Morgan fingerprint density at radius 1 is 1.14 bits per heavy atom. The summed E-state index contributed by atoms with van der Waals surface area (Å²) in [5.41, 5.74) is 2.88. The van der Waals surface area contributed by atoms with Crippen molar-refractivity contribution < 1.29 is 22.7 Å². The van der Waals surface area contributed by atoms with E-state index in [2.05, 4.69) is 5.32 Å². The van der Waals surface area contributed by atoms with Gasteiger partial charge in [0.15, 0.2) is 0 Å². The number of ether oxygens (including phenoxy) is 2. The molecule has 0 unspecified atom stereocenters. The van der Waals surface area contributed by atoms with Gasteiger partial charge in [-0.15, -0.1) is 0 Å². The van der Waals surface area contributed by atoms with Crippen LogP contribution in [-0.2, 0) is 14.8 Å². The van der Waals surface area contributed by atoms with E-state index in [1.165, 1.54) is 14.2 Å². The van der Waals surface area contributed by atoms with E-state index < -0.39 is 15.9 Å². The molecule has 0 aliphatic heterocycles. The van der Waals surface area contributed by atoms with E-state index in [1.54, 1.807) is 18.2 Å². The topological polar surface area (TPSA) is 84.9 Å². The normalized spacial score (nSPS) is 11.3. The van der Waals surface area contributed by atoms with Gasteiger partial charge in [-0.25, -0.2) is 8.42 Å². The van der Waals surface area contributed by atoms with Crippen LogP contribution in [0.4, 0.5) is 11.4 Å². The molecule has 158 valence electrons. The summed E-state index contributed by atoms with van der Waals surface area (Å²) in [4.78, 5) is 12.8. The number of sulfonamides is 1. The Bertz CT molecular complexity index is 987. The number of hydrogen-bond acceptors (Lipinski definition) is 5. The Hall–Kier alpha value is -2.74. The van der Waals surface area contributed by atoms with Gasteiger partial charge in [-0.1, -0.05) is 32.0 Å². The Morgan fingerprint density at radius 3 is 2.38 bits per heavy atom. The van der Waals surface area contributed by atoms with Crippen molar-refractivity contribution in [3.63, 3.8) is 0 Å². The zero-order valence-corrected chi connectivity index (χ0v) is 18.5. The van der Waals surface area contributed by atoms with E-state index in [0.717, 1.165) is 21.7 Å². The predicted octanol–water partition coefficient (Wildman–Crippen LogP) is 3.54. The van der Waals surface area contributed by atoms with Crippen LogP contribution >= 0.6 is 0 Å². The molecule has 0 aliphatic carbocycles. The molecule has 0 atom stereocenters. The van der Waals surface area contributed by atoms with Gasteiger partial charge in [-0.2, -0.15) is 0 Å². The number of para-hydroxylation sites is 1. The van der Waals surface area contributed by atoms with Gasteiger partial charge >= 0.3 is 0 Å². The monoisotopic (exact) mass is 420 g/mol. The summed E-state index contributed by atoms with van der Waals surface area (Å²) in [5, 5.41) is 2.88. The molecule has 0 bridgehead atoms. The molecular weight excluding hydrogens is 392 g/mol. The number of aryl methyl sites for hydroxylation is 1. The number of hydrogen-bond donors (Lipinski definition) is 1. The van der Waals surface area contributed by atoms with Crippen LogP contribution in [0.15, 0.2) is 36.4 Å². The number of methoxy groups -OCH3 is 2. The number of anilines is 2. The lowest BCUT2D eigenvalue weighted by Crippen LogP contribution is -2.38. The van der Waals surface area contributed by atoms with E-state index in [1.807, 2.05) is 39.0 Å². The lowest BCUT2D eigenvalue weighted by Gasteiger charge is -2.25. The molecule has 2 aromatic rings. The van der Waals surface area contributed by atoms with Crippen LogP contribution in [-0.4, -0.2) is 41.3 Å². The Labute approximate surface area is 172 Å². The minimum absolute atomic E-state index is 0.206. The van der Waals surface area contributed by atoms with Crippen molar-refractivity contribution in [1.82, 2.24) is 0 Å². The second kappa shape index (κ2) is 9.17. The number of amides is 1. The maximum Gasteiger partial charge on any atom is 0.245 e. The fourth-order valence-corrected chi connectivity index (χ4v) is 3.88. The Kier molecular flexibility index (Phi) is 7.13. The lowest BCUT2D eigenvalue weighted by atomic mass is 9.98. The van der Waals surface area contributed by atoms with Crippen LogP contribution in [0.2, 0.25) is 0 Å². The first kappa shape index (κ1) is 22.5. The number of carbonyl (C=O) groups is 1. The highest BCUT2D eigenvalue weighted by Gasteiger charge is 2.25. The smallest absolute Gasteiger partial charge is 0.245 e. The van der Waals surface area contributed by atoms with Crippen molar-refractivity contribution in [2.45, 2.75) is 26.7 Å². The van der Waals surface area contributed by atoms with Crippen LogP contribution in [0.5, 0.6) is 11.5 Å². The highest BCUT2D eigenvalue weighted by Crippen LogP contribution is 2.34. The van der Waals surface area contributed by atoms with E-state index >= 15 is 0 Å². The average molecular weight is 421 g/mol. The van der Waals surface area contributed by atoms with E-state index in [4.69, 9.17) is 9.47 Å². The minimum atomic E-state index is -3.74. The first-order valence-corrected chi connectivity index (χ1v) is 11.0. The Balaban J connectivity index is 2.38. The van der Waals surface area contributed by atoms with Gasteiger partial charge in [0.25, 0.3) is 0 Å². The molecule has 0 saturated carbocycles.